The quantitative estimate of drug-likeness (QED) is 0.817. The van der Waals surface area contributed by atoms with E-state index in [0.717, 1.165) is 6.07 Å². The number of nitrogens with one attached hydrogen (secondary N) is 1. The Morgan fingerprint density at radius 3 is 2.62 bits per heavy atom. The van der Waals surface area contributed by atoms with Gasteiger partial charge in [-0.05, 0) is 6.07 Å². The topological polar surface area (TPSA) is 58.6 Å². The molecule has 1 saturated heterocycles. The number of halogens is 4. The van der Waals surface area contributed by atoms with Gasteiger partial charge in [0, 0.05) is 18.4 Å². The van der Waals surface area contributed by atoms with Gasteiger partial charge in [-0.2, -0.15) is 4.39 Å². The molecule has 1 aliphatic heterocycles. The highest BCUT2D eigenvalue weighted by atomic mass is 19.3. The predicted octanol–water partition coefficient (Wildman–Crippen LogP) is 1.92. The van der Waals surface area contributed by atoms with Crippen LogP contribution in [0.15, 0.2) is 12.1 Å². The van der Waals surface area contributed by atoms with Gasteiger partial charge in [0.15, 0.2) is 11.6 Å². The van der Waals surface area contributed by atoms with Gasteiger partial charge in [0.05, 0.1) is 12.6 Å². The van der Waals surface area contributed by atoms with Crippen molar-refractivity contribution in [2.45, 2.75) is 31.4 Å². The Morgan fingerprint density at radius 2 is 2.05 bits per heavy atom. The SMILES string of the molecule is O=C1NC(c2ccc(OCCC(F)F)c(F)c2F)CC1O. The van der Waals surface area contributed by atoms with Crippen molar-refractivity contribution in [3.8, 4) is 5.75 Å². The molecule has 2 atom stereocenters. The second-order valence-corrected chi connectivity index (χ2v) is 4.62. The molecule has 1 fully saturated rings. The fraction of sp³-hybridized carbons (Fsp3) is 0.462. The van der Waals surface area contributed by atoms with Crippen LogP contribution in [0.25, 0.3) is 0 Å². The van der Waals surface area contributed by atoms with E-state index >= 15 is 0 Å². The fourth-order valence-electron chi connectivity index (χ4n) is 2.05. The fourth-order valence-corrected chi connectivity index (χ4v) is 2.05. The number of benzene rings is 1. The van der Waals surface area contributed by atoms with E-state index in [2.05, 4.69) is 5.32 Å². The van der Waals surface area contributed by atoms with Crippen molar-refractivity contribution in [3.05, 3.63) is 29.3 Å². The first-order chi connectivity index (χ1) is 9.90. The van der Waals surface area contributed by atoms with E-state index in [9.17, 15) is 27.5 Å². The van der Waals surface area contributed by atoms with Gasteiger partial charge in [0.2, 0.25) is 18.1 Å². The van der Waals surface area contributed by atoms with E-state index in [1.165, 1.54) is 6.07 Å². The second kappa shape index (κ2) is 6.30. The van der Waals surface area contributed by atoms with Crippen LogP contribution in [0.1, 0.15) is 24.4 Å². The summed E-state index contributed by atoms with van der Waals surface area (Å²) >= 11 is 0. The molecule has 0 bridgehead atoms. The van der Waals surface area contributed by atoms with E-state index in [0.29, 0.717) is 0 Å². The number of carbonyl (C=O) groups excluding carboxylic acids is 1. The summed E-state index contributed by atoms with van der Waals surface area (Å²) in [5, 5.41) is 11.6. The van der Waals surface area contributed by atoms with Crippen LogP contribution in [0.4, 0.5) is 17.6 Å². The van der Waals surface area contributed by atoms with Crippen LogP contribution in [-0.4, -0.2) is 30.2 Å². The van der Waals surface area contributed by atoms with Crippen LogP contribution < -0.4 is 10.1 Å². The highest BCUT2D eigenvalue weighted by Crippen LogP contribution is 2.31. The van der Waals surface area contributed by atoms with Crippen LogP contribution in [0.2, 0.25) is 0 Å². The van der Waals surface area contributed by atoms with Gasteiger partial charge in [0.1, 0.15) is 6.10 Å². The summed E-state index contributed by atoms with van der Waals surface area (Å²) in [6, 6.07) is 1.46. The molecule has 0 aromatic heterocycles. The summed E-state index contributed by atoms with van der Waals surface area (Å²) in [6.45, 7) is -0.438. The minimum atomic E-state index is -2.59. The highest BCUT2D eigenvalue weighted by molar-refractivity contribution is 5.83. The zero-order chi connectivity index (χ0) is 15.6. The maximum Gasteiger partial charge on any atom is 0.249 e. The normalized spacial score (nSPS) is 21.7. The molecule has 1 aromatic rings. The van der Waals surface area contributed by atoms with Crippen molar-refractivity contribution in [2.24, 2.45) is 0 Å². The van der Waals surface area contributed by atoms with Gasteiger partial charge in [-0.1, -0.05) is 6.07 Å². The largest absolute Gasteiger partial charge is 0.490 e. The Labute approximate surface area is 117 Å². The average Bonchev–Trinajstić information content (AvgIpc) is 2.74. The number of carbonyl (C=O) groups is 1. The molecule has 116 valence electrons. The lowest BCUT2D eigenvalue weighted by atomic mass is 10.0. The Hall–Kier alpha value is -1.83. The summed E-state index contributed by atoms with van der Waals surface area (Å²) in [5.74, 6) is -3.67. The molecule has 2 N–H and O–H groups in total. The predicted molar refractivity (Wildman–Crippen MR) is 64.0 cm³/mol. The minimum absolute atomic E-state index is 0.0687. The maximum atomic E-state index is 13.9. The molecule has 0 radical (unpaired) electrons. The Kier molecular flexibility index (Phi) is 4.66. The number of rotatable bonds is 5. The van der Waals surface area contributed by atoms with Crippen LogP contribution in [0.5, 0.6) is 5.75 Å². The summed E-state index contributed by atoms with van der Waals surface area (Å²) in [7, 11) is 0. The molecule has 2 rings (SSSR count). The molecule has 1 aliphatic rings. The molecule has 1 aromatic carbocycles. The van der Waals surface area contributed by atoms with Crippen molar-refractivity contribution < 1.29 is 32.2 Å². The summed E-state index contributed by atoms with van der Waals surface area (Å²) < 4.78 is 56.3. The lowest BCUT2D eigenvalue weighted by Gasteiger charge is -2.14. The van der Waals surface area contributed by atoms with Gasteiger partial charge >= 0.3 is 0 Å². The summed E-state index contributed by atoms with van der Waals surface area (Å²) in [5.41, 5.74) is -0.126. The number of hydrogen-bond donors (Lipinski definition) is 2. The third-order valence-electron chi connectivity index (χ3n) is 3.12. The number of aliphatic hydroxyl groups excluding tert-OH is 1. The maximum absolute atomic E-state index is 13.9. The van der Waals surface area contributed by atoms with Crippen LogP contribution >= 0.6 is 0 Å². The molecule has 0 saturated carbocycles. The molecule has 21 heavy (non-hydrogen) atoms. The van der Waals surface area contributed by atoms with Crippen molar-refractivity contribution in [2.75, 3.05) is 6.61 Å². The average molecular weight is 307 g/mol. The molecular weight excluding hydrogens is 294 g/mol. The van der Waals surface area contributed by atoms with Gasteiger partial charge in [-0.15, -0.1) is 0 Å². The highest BCUT2D eigenvalue weighted by Gasteiger charge is 2.33. The van der Waals surface area contributed by atoms with Crippen LogP contribution in [0, 0.1) is 11.6 Å². The van der Waals surface area contributed by atoms with Crippen molar-refractivity contribution >= 4 is 5.91 Å². The molecule has 8 heteroatoms. The molecule has 4 nitrogen and oxygen atoms in total. The van der Waals surface area contributed by atoms with Gasteiger partial charge in [-0.3, -0.25) is 4.79 Å². The van der Waals surface area contributed by atoms with Crippen LogP contribution in [0.3, 0.4) is 0 Å². The lowest BCUT2D eigenvalue weighted by Crippen LogP contribution is -2.24. The van der Waals surface area contributed by atoms with Crippen molar-refractivity contribution in [1.82, 2.24) is 5.32 Å². The Balaban J connectivity index is 2.12. The number of ether oxygens (including phenoxy) is 1. The summed E-state index contributed by atoms with van der Waals surface area (Å²) in [6.07, 6.45) is -4.51. The third kappa shape index (κ3) is 3.44. The Morgan fingerprint density at radius 1 is 1.33 bits per heavy atom. The number of aliphatic hydroxyl groups is 1. The molecule has 1 amide bonds. The van der Waals surface area contributed by atoms with Crippen LogP contribution in [-0.2, 0) is 4.79 Å². The first kappa shape index (κ1) is 15.6. The first-order valence-corrected chi connectivity index (χ1v) is 6.27. The van der Waals surface area contributed by atoms with E-state index in [1.54, 1.807) is 0 Å². The van der Waals surface area contributed by atoms with E-state index < -0.39 is 54.9 Å². The van der Waals surface area contributed by atoms with Crippen molar-refractivity contribution in [3.63, 3.8) is 0 Å². The molecule has 0 aliphatic carbocycles. The van der Waals surface area contributed by atoms with E-state index in [-0.39, 0.29) is 12.0 Å². The molecular formula is C13H13F4NO3. The third-order valence-corrected chi connectivity index (χ3v) is 3.12. The number of alkyl halides is 2. The first-order valence-electron chi connectivity index (χ1n) is 6.27. The molecule has 1 heterocycles. The van der Waals surface area contributed by atoms with E-state index in [4.69, 9.17) is 4.74 Å². The molecule has 2 unspecified atom stereocenters. The number of hydrogen-bond acceptors (Lipinski definition) is 3. The van der Waals surface area contributed by atoms with E-state index in [1.807, 2.05) is 0 Å². The lowest BCUT2D eigenvalue weighted by molar-refractivity contribution is -0.126. The zero-order valence-corrected chi connectivity index (χ0v) is 10.8. The second-order valence-electron chi connectivity index (χ2n) is 4.62. The Bertz CT molecular complexity index is 538. The van der Waals surface area contributed by atoms with Gasteiger partial charge in [-0.25, -0.2) is 13.2 Å². The van der Waals surface area contributed by atoms with Gasteiger partial charge in [0.25, 0.3) is 0 Å². The van der Waals surface area contributed by atoms with Crippen molar-refractivity contribution in [1.29, 1.82) is 0 Å². The standard InChI is InChI=1S/C13H13F4NO3/c14-10(15)3-4-21-9-2-1-6(11(16)12(9)17)7-5-8(19)13(20)18-7/h1-2,7-8,10,19H,3-5H2,(H,18,20). The minimum Gasteiger partial charge on any atom is -0.490 e. The summed E-state index contributed by atoms with van der Waals surface area (Å²) in [4.78, 5) is 11.2. The smallest absolute Gasteiger partial charge is 0.249 e. The zero-order valence-electron chi connectivity index (χ0n) is 10.8. The monoisotopic (exact) mass is 307 g/mol. The molecule has 0 spiro atoms. The number of amides is 1. The van der Waals surface area contributed by atoms with Gasteiger partial charge < -0.3 is 15.2 Å².